The number of aliphatic imine (C=N–C) groups is 1. The highest BCUT2D eigenvalue weighted by Gasteiger charge is 2.03. The number of ether oxygens (including phenoxy) is 3. The van der Waals surface area contributed by atoms with Gasteiger partial charge in [0.05, 0.1) is 26.4 Å². The van der Waals surface area contributed by atoms with Gasteiger partial charge in [0, 0.05) is 33.4 Å². The molecule has 0 bridgehead atoms. The summed E-state index contributed by atoms with van der Waals surface area (Å²) in [6.07, 6.45) is 0.934. The third-order valence-corrected chi connectivity index (χ3v) is 3.61. The Hall–Kier alpha value is -0.900. The molecule has 27 heavy (non-hydrogen) atoms. The van der Waals surface area contributed by atoms with Crippen LogP contribution in [0.1, 0.15) is 25.8 Å². The maximum Gasteiger partial charge on any atom is 0.191 e. The first-order valence-electron chi connectivity index (χ1n) is 9.46. The molecule has 0 amide bonds. The van der Waals surface area contributed by atoms with E-state index in [1.807, 2.05) is 18.2 Å². The van der Waals surface area contributed by atoms with E-state index >= 15 is 0 Å². The summed E-state index contributed by atoms with van der Waals surface area (Å²) in [4.78, 5) is 4.64. The fourth-order valence-corrected chi connectivity index (χ4v) is 2.22. The van der Waals surface area contributed by atoms with Gasteiger partial charge in [0.2, 0.25) is 0 Å². The first kappa shape index (κ1) is 26.1. The Morgan fingerprint density at radius 3 is 2.56 bits per heavy atom. The number of guanidine groups is 1. The maximum absolute atomic E-state index is 5.78. The molecule has 0 heterocycles. The van der Waals surface area contributed by atoms with E-state index in [0.717, 1.165) is 38.6 Å². The maximum atomic E-state index is 5.78. The molecule has 0 saturated heterocycles. The molecule has 0 aliphatic heterocycles. The molecule has 0 spiro atoms. The Bertz CT molecular complexity index is 475. The van der Waals surface area contributed by atoms with Crippen LogP contribution in [-0.2, 0) is 20.8 Å². The zero-order valence-corrected chi connectivity index (χ0v) is 19.2. The third kappa shape index (κ3) is 14.8. The molecular weight excluding hydrogens is 457 g/mol. The highest BCUT2D eigenvalue weighted by Crippen LogP contribution is 2.03. The molecule has 0 fully saturated rings. The highest BCUT2D eigenvalue weighted by molar-refractivity contribution is 14.0. The van der Waals surface area contributed by atoms with E-state index in [9.17, 15) is 0 Å². The highest BCUT2D eigenvalue weighted by atomic mass is 127. The number of benzene rings is 1. The van der Waals surface area contributed by atoms with E-state index in [1.165, 1.54) is 5.56 Å². The lowest BCUT2D eigenvalue weighted by molar-refractivity contribution is 0.0698. The van der Waals surface area contributed by atoms with Gasteiger partial charge in [-0.3, -0.25) is 4.99 Å². The lowest BCUT2D eigenvalue weighted by Crippen LogP contribution is -2.38. The first-order valence-corrected chi connectivity index (χ1v) is 9.46. The molecule has 0 radical (unpaired) electrons. The molecule has 6 nitrogen and oxygen atoms in total. The predicted molar refractivity (Wildman–Crippen MR) is 122 cm³/mol. The number of hydrogen-bond donors (Lipinski definition) is 2. The number of nitrogens with one attached hydrogen (secondary N) is 2. The van der Waals surface area contributed by atoms with Crippen molar-refractivity contribution in [1.82, 2.24) is 10.6 Å². The van der Waals surface area contributed by atoms with Crippen LogP contribution in [0.2, 0.25) is 0 Å². The van der Waals surface area contributed by atoms with E-state index in [0.29, 0.717) is 32.3 Å². The number of rotatable bonds is 14. The molecule has 7 heteroatoms. The van der Waals surface area contributed by atoms with E-state index in [-0.39, 0.29) is 24.0 Å². The normalized spacial score (nSPS) is 12.3. The van der Waals surface area contributed by atoms with Gasteiger partial charge in [-0.1, -0.05) is 37.3 Å². The van der Waals surface area contributed by atoms with E-state index in [4.69, 9.17) is 14.2 Å². The second kappa shape index (κ2) is 18.5. The summed E-state index contributed by atoms with van der Waals surface area (Å²) >= 11 is 0. The standard InChI is InChI=1S/C20H35N3O3.HI/c1-4-21-20(22-11-8-12-25-14-13-24-3)23-15-18(2)16-26-17-19-9-6-5-7-10-19;/h5-7,9-10,18H,4,8,11-17H2,1-3H3,(H2,21,22,23);1H. The number of methoxy groups -OCH3 is 1. The van der Waals surface area contributed by atoms with E-state index in [2.05, 4.69) is 41.6 Å². The first-order chi connectivity index (χ1) is 12.8. The Morgan fingerprint density at radius 1 is 1.07 bits per heavy atom. The topological polar surface area (TPSA) is 64.1 Å². The van der Waals surface area contributed by atoms with Crippen molar-refractivity contribution in [2.24, 2.45) is 10.9 Å². The molecule has 2 N–H and O–H groups in total. The fourth-order valence-electron chi connectivity index (χ4n) is 2.22. The van der Waals surface area contributed by atoms with Crippen LogP contribution in [0.5, 0.6) is 0 Å². The van der Waals surface area contributed by atoms with Gasteiger partial charge >= 0.3 is 0 Å². The SMILES string of the molecule is CCNC(=NCC(C)COCc1ccccc1)NCCCOCCOC.I. The minimum atomic E-state index is 0. The van der Waals surface area contributed by atoms with Crippen LogP contribution in [-0.4, -0.2) is 59.1 Å². The van der Waals surface area contributed by atoms with Crippen molar-refractivity contribution in [2.45, 2.75) is 26.9 Å². The molecule has 1 unspecified atom stereocenters. The number of halogens is 1. The van der Waals surface area contributed by atoms with Crippen molar-refractivity contribution in [2.75, 3.05) is 53.2 Å². The zero-order valence-electron chi connectivity index (χ0n) is 16.9. The van der Waals surface area contributed by atoms with Gasteiger partial charge in [0.25, 0.3) is 0 Å². The van der Waals surface area contributed by atoms with Crippen LogP contribution >= 0.6 is 24.0 Å². The second-order valence-corrected chi connectivity index (χ2v) is 6.21. The molecule has 0 saturated carbocycles. The largest absolute Gasteiger partial charge is 0.382 e. The minimum Gasteiger partial charge on any atom is -0.382 e. The quantitative estimate of drug-likeness (QED) is 0.181. The summed E-state index contributed by atoms with van der Waals surface area (Å²) < 4.78 is 16.2. The number of hydrogen-bond acceptors (Lipinski definition) is 4. The van der Waals surface area contributed by atoms with Crippen LogP contribution in [0.4, 0.5) is 0 Å². The molecule has 1 aromatic carbocycles. The molecule has 0 aliphatic rings. The minimum absolute atomic E-state index is 0. The van der Waals surface area contributed by atoms with Gasteiger partial charge in [-0.25, -0.2) is 0 Å². The molecule has 1 aromatic rings. The van der Waals surface area contributed by atoms with Gasteiger partial charge in [-0.15, -0.1) is 24.0 Å². The van der Waals surface area contributed by atoms with Crippen molar-refractivity contribution in [3.8, 4) is 0 Å². The average molecular weight is 493 g/mol. The summed E-state index contributed by atoms with van der Waals surface area (Å²) in [5.41, 5.74) is 1.20. The van der Waals surface area contributed by atoms with Crippen LogP contribution in [0.25, 0.3) is 0 Å². The lowest BCUT2D eigenvalue weighted by Gasteiger charge is -2.14. The molecule has 1 rings (SSSR count). The van der Waals surface area contributed by atoms with Gasteiger partial charge in [0.15, 0.2) is 5.96 Å². The molecule has 1 atom stereocenters. The summed E-state index contributed by atoms with van der Waals surface area (Å²) in [6, 6.07) is 10.2. The van der Waals surface area contributed by atoms with Crippen molar-refractivity contribution < 1.29 is 14.2 Å². The third-order valence-electron chi connectivity index (χ3n) is 3.61. The van der Waals surface area contributed by atoms with Crippen LogP contribution in [0, 0.1) is 5.92 Å². The van der Waals surface area contributed by atoms with Crippen molar-refractivity contribution in [1.29, 1.82) is 0 Å². The molecule has 0 aliphatic carbocycles. The summed E-state index contributed by atoms with van der Waals surface area (Å²) in [5.74, 6) is 1.21. The van der Waals surface area contributed by atoms with Crippen molar-refractivity contribution in [3.05, 3.63) is 35.9 Å². The average Bonchev–Trinajstić information content (AvgIpc) is 2.66. The van der Waals surface area contributed by atoms with Gasteiger partial charge in [-0.05, 0) is 24.8 Å². The zero-order chi connectivity index (χ0) is 18.9. The Balaban J connectivity index is 0.00000676. The Labute approximate surface area is 181 Å². The van der Waals surface area contributed by atoms with Gasteiger partial charge < -0.3 is 24.8 Å². The molecular formula is C20H36IN3O3. The van der Waals surface area contributed by atoms with Gasteiger partial charge in [0.1, 0.15) is 0 Å². The van der Waals surface area contributed by atoms with Crippen LogP contribution in [0.3, 0.4) is 0 Å². The van der Waals surface area contributed by atoms with Crippen LogP contribution in [0.15, 0.2) is 35.3 Å². The smallest absolute Gasteiger partial charge is 0.191 e. The monoisotopic (exact) mass is 493 g/mol. The molecule has 0 aromatic heterocycles. The lowest BCUT2D eigenvalue weighted by atomic mass is 10.2. The Morgan fingerprint density at radius 2 is 1.85 bits per heavy atom. The fraction of sp³-hybridized carbons (Fsp3) is 0.650. The summed E-state index contributed by atoms with van der Waals surface area (Å²) in [5, 5.41) is 6.60. The van der Waals surface area contributed by atoms with E-state index < -0.39 is 0 Å². The summed E-state index contributed by atoms with van der Waals surface area (Å²) in [6.45, 7) is 9.98. The molecule has 156 valence electrons. The summed E-state index contributed by atoms with van der Waals surface area (Å²) in [7, 11) is 1.68. The second-order valence-electron chi connectivity index (χ2n) is 6.21. The van der Waals surface area contributed by atoms with Gasteiger partial charge in [-0.2, -0.15) is 0 Å². The number of nitrogens with zero attached hydrogens (tertiary/aromatic N) is 1. The van der Waals surface area contributed by atoms with Crippen LogP contribution < -0.4 is 10.6 Å². The van der Waals surface area contributed by atoms with Crippen molar-refractivity contribution >= 4 is 29.9 Å². The van der Waals surface area contributed by atoms with Crippen molar-refractivity contribution in [3.63, 3.8) is 0 Å². The Kier molecular flexibility index (Phi) is 17.8. The predicted octanol–water partition coefficient (Wildman–Crippen LogP) is 3.07. The van der Waals surface area contributed by atoms with E-state index in [1.54, 1.807) is 7.11 Å².